The predicted octanol–water partition coefficient (Wildman–Crippen LogP) is 2.85. The lowest BCUT2D eigenvalue weighted by Crippen LogP contribution is -2.47. The van der Waals surface area contributed by atoms with E-state index in [0.717, 1.165) is 36.7 Å². The first-order valence-electron chi connectivity index (χ1n) is 7.02. The normalized spacial score (nSPS) is 17.4. The highest BCUT2D eigenvalue weighted by atomic mass is 32.1. The number of rotatable bonds is 3. The number of nitrogens with one attached hydrogen (secondary N) is 2. The van der Waals surface area contributed by atoms with Gasteiger partial charge in [-0.1, -0.05) is 18.2 Å². The van der Waals surface area contributed by atoms with Crippen LogP contribution in [0.1, 0.15) is 26.7 Å². The van der Waals surface area contributed by atoms with Crippen LogP contribution in [-0.4, -0.2) is 35.2 Å². The Labute approximate surface area is 121 Å². The molecule has 0 radical (unpaired) electrons. The van der Waals surface area contributed by atoms with E-state index in [4.69, 9.17) is 12.2 Å². The molecule has 19 heavy (non-hydrogen) atoms. The minimum Gasteiger partial charge on any atom is -0.360 e. The smallest absolute Gasteiger partial charge is 0.170 e. The zero-order valence-corrected chi connectivity index (χ0v) is 12.5. The second-order valence-electron chi connectivity index (χ2n) is 5.37. The van der Waals surface area contributed by atoms with Crippen molar-refractivity contribution in [3.63, 3.8) is 0 Å². The molecule has 1 heterocycles. The molecule has 0 aliphatic carbocycles. The maximum Gasteiger partial charge on any atom is 0.170 e. The molecule has 1 fully saturated rings. The van der Waals surface area contributed by atoms with Crippen LogP contribution >= 0.6 is 12.2 Å². The van der Waals surface area contributed by atoms with Crippen LogP contribution in [0.5, 0.6) is 0 Å². The summed E-state index contributed by atoms with van der Waals surface area (Å²) in [5.74, 6) is 0. The van der Waals surface area contributed by atoms with Gasteiger partial charge in [-0.15, -0.1) is 0 Å². The molecule has 0 amide bonds. The Hall–Kier alpha value is -1.13. The second kappa shape index (κ2) is 6.87. The van der Waals surface area contributed by atoms with E-state index in [0.29, 0.717) is 12.1 Å². The molecule has 0 unspecified atom stereocenters. The van der Waals surface area contributed by atoms with Crippen molar-refractivity contribution in [2.75, 3.05) is 18.4 Å². The molecule has 1 aliphatic rings. The predicted molar refractivity (Wildman–Crippen MR) is 85.5 cm³/mol. The van der Waals surface area contributed by atoms with Gasteiger partial charge in [0, 0.05) is 30.9 Å². The monoisotopic (exact) mass is 277 g/mol. The highest BCUT2D eigenvalue weighted by Crippen LogP contribution is 2.13. The van der Waals surface area contributed by atoms with E-state index in [1.165, 1.54) is 0 Å². The molecule has 0 spiro atoms. The first kappa shape index (κ1) is 14.3. The zero-order valence-electron chi connectivity index (χ0n) is 11.7. The Morgan fingerprint density at radius 2 is 1.84 bits per heavy atom. The third-order valence-corrected chi connectivity index (χ3v) is 3.85. The quantitative estimate of drug-likeness (QED) is 0.831. The van der Waals surface area contributed by atoms with Crippen molar-refractivity contribution in [2.45, 2.75) is 38.8 Å². The Kier molecular flexibility index (Phi) is 5.16. The van der Waals surface area contributed by atoms with Gasteiger partial charge in [-0.05, 0) is 51.0 Å². The minimum absolute atomic E-state index is 0.499. The van der Waals surface area contributed by atoms with E-state index < -0.39 is 0 Å². The van der Waals surface area contributed by atoms with E-state index >= 15 is 0 Å². The van der Waals surface area contributed by atoms with Crippen molar-refractivity contribution in [3.8, 4) is 0 Å². The number of anilines is 1. The van der Waals surface area contributed by atoms with Crippen molar-refractivity contribution in [1.29, 1.82) is 0 Å². The summed E-state index contributed by atoms with van der Waals surface area (Å²) >= 11 is 5.36. The van der Waals surface area contributed by atoms with Gasteiger partial charge in [0.25, 0.3) is 0 Å². The van der Waals surface area contributed by atoms with Gasteiger partial charge < -0.3 is 15.5 Å². The van der Waals surface area contributed by atoms with Gasteiger partial charge in [-0.2, -0.15) is 0 Å². The number of likely N-dealkylation sites (tertiary alicyclic amines) is 1. The lowest BCUT2D eigenvalue weighted by molar-refractivity contribution is 0.168. The average molecular weight is 277 g/mol. The molecule has 0 bridgehead atoms. The number of nitrogens with zero attached hydrogens (tertiary/aromatic N) is 1. The van der Waals surface area contributed by atoms with E-state index in [1.54, 1.807) is 0 Å². The summed E-state index contributed by atoms with van der Waals surface area (Å²) in [5, 5.41) is 7.38. The molecule has 3 nitrogen and oxygen atoms in total. The van der Waals surface area contributed by atoms with Crippen LogP contribution in [0.2, 0.25) is 0 Å². The Bertz CT molecular complexity index is 397. The fourth-order valence-corrected chi connectivity index (χ4v) is 2.72. The van der Waals surface area contributed by atoms with Gasteiger partial charge in [0.15, 0.2) is 5.11 Å². The molecular formula is C15H23N3S. The van der Waals surface area contributed by atoms with E-state index in [-0.39, 0.29) is 0 Å². The Morgan fingerprint density at radius 3 is 2.42 bits per heavy atom. The highest BCUT2D eigenvalue weighted by Gasteiger charge is 2.20. The fourth-order valence-electron chi connectivity index (χ4n) is 2.43. The third kappa shape index (κ3) is 4.48. The fraction of sp³-hybridized carbons (Fsp3) is 0.533. The third-order valence-electron chi connectivity index (χ3n) is 3.63. The molecule has 1 aromatic rings. The minimum atomic E-state index is 0.499. The van der Waals surface area contributed by atoms with Gasteiger partial charge in [0.1, 0.15) is 0 Å². The topological polar surface area (TPSA) is 27.3 Å². The standard InChI is InChI=1S/C15H23N3S/c1-12(2)18-10-8-14(9-11-18)17-15(19)16-13-6-4-3-5-7-13/h3-7,12,14H,8-11H2,1-2H3,(H2,16,17,19). The van der Waals surface area contributed by atoms with Crippen LogP contribution in [0.3, 0.4) is 0 Å². The van der Waals surface area contributed by atoms with Crippen LogP contribution in [0, 0.1) is 0 Å². The van der Waals surface area contributed by atoms with Crippen LogP contribution in [0.15, 0.2) is 30.3 Å². The number of piperidine rings is 1. The number of thiocarbonyl (C=S) groups is 1. The van der Waals surface area contributed by atoms with E-state index in [2.05, 4.69) is 29.4 Å². The van der Waals surface area contributed by atoms with Crippen molar-refractivity contribution in [2.24, 2.45) is 0 Å². The molecule has 0 atom stereocenters. The molecule has 1 aromatic carbocycles. The average Bonchev–Trinajstić information content (AvgIpc) is 2.40. The Balaban J connectivity index is 1.75. The first-order chi connectivity index (χ1) is 9.15. The molecule has 1 saturated heterocycles. The van der Waals surface area contributed by atoms with Crippen LogP contribution in [0.4, 0.5) is 5.69 Å². The largest absolute Gasteiger partial charge is 0.360 e. The summed E-state index contributed by atoms with van der Waals surface area (Å²) in [7, 11) is 0. The maximum absolute atomic E-state index is 5.36. The Morgan fingerprint density at radius 1 is 1.21 bits per heavy atom. The van der Waals surface area contributed by atoms with Crippen molar-refractivity contribution >= 4 is 23.0 Å². The molecule has 104 valence electrons. The van der Waals surface area contributed by atoms with Gasteiger partial charge in [0.05, 0.1) is 0 Å². The molecule has 4 heteroatoms. The highest BCUT2D eigenvalue weighted by molar-refractivity contribution is 7.80. The summed E-state index contributed by atoms with van der Waals surface area (Å²) in [6, 6.07) is 11.2. The number of hydrogen-bond donors (Lipinski definition) is 2. The molecule has 0 saturated carbocycles. The van der Waals surface area contributed by atoms with Crippen LogP contribution in [-0.2, 0) is 0 Å². The lowest BCUT2D eigenvalue weighted by Gasteiger charge is -2.35. The van der Waals surface area contributed by atoms with Crippen molar-refractivity contribution in [3.05, 3.63) is 30.3 Å². The number of hydrogen-bond acceptors (Lipinski definition) is 2. The second-order valence-corrected chi connectivity index (χ2v) is 5.78. The number of benzene rings is 1. The van der Waals surface area contributed by atoms with Gasteiger partial charge in [0.2, 0.25) is 0 Å². The molecule has 0 aromatic heterocycles. The summed E-state index contributed by atoms with van der Waals surface area (Å²) in [4.78, 5) is 2.52. The molecule has 1 aliphatic heterocycles. The van der Waals surface area contributed by atoms with Gasteiger partial charge >= 0.3 is 0 Å². The molecular weight excluding hydrogens is 254 g/mol. The SMILES string of the molecule is CC(C)N1CCC(NC(=S)Nc2ccccc2)CC1. The van der Waals surface area contributed by atoms with Crippen molar-refractivity contribution in [1.82, 2.24) is 10.2 Å². The van der Waals surface area contributed by atoms with Crippen molar-refractivity contribution < 1.29 is 0 Å². The zero-order chi connectivity index (χ0) is 13.7. The summed E-state index contributed by atoms with van der Waals surface area (Å²) in [5.41, 5.74) is 1.04. The van der Waals surface area contributed by atoms with Gasteiger partial charge in [-0.3, -0.25) is 0 Å². The summed E-state index contributed by atoms with van der Waals surface area (Å²) in [6.07, 6.45) is 2.32. The summed E-state index contributed by atoms with van der Waals surface area (Å²) in [6.45, 7) is 6.83. The first-order valence-corrected chi connectivity index (χ1v) is 7.42. The van der Waals surface area contributed by atoms with Crippen LogP contribution in [0.25, 0.3) is 0 Å². The number of para-hydroxylation sites is 1. The van der Waals surface area contributed by atoms with Crippen LogP contribution < -0.4 is 10.6 Å². The molecule has 2 rings (SSSR count). The van der Waals surface area contributed by atoms with Gasteiger partial charge in [-0.25, -0.2) is 0 Å². The van der Waals surface area contributed by atoms with E-state index in [1.807, 2.05) is 30.3 Å². The lowest BCUT2D eigenvalue weighted by atomic mass is 10.0. The van der Waals surface area contributed by atoms with E-state index in [9.17, 15) is 0 Å². The summed E-state index contributed by atoms with van der Waals surface area (Å²) < 4.78 is 0. The maximum atomic E-state index is 5.36. The molecule has 2 N–H and O–H groups in total.